The van der Waals surface area contributed by atoms with E-state index in [-0.39, 0.29) is 16.4 Å². The van der Waals surface area contributed by atoms with Crippen molar-refractivity contribution in [3.05, 3.63) is 55.8 Å². The molecule has 2 aromatic carbocycles. The molecule has 0 saturated carbocycles. The van der Waals surface area contributed by atoms with Gasteiger partial charge in [-0.05, 0) is 30.3 Å². The predicted molar refractivity (Wildman–Crippen MR) is 87.5 cm³/mol. The summed E-state index contributed by atoms with van der Waals surface area (Å²) in [5.74, 6) is -0.198. The summed E-state index contributed by atoms with van der Waals surface area (Å²) in [5, 5.41) is 10.1. The molecule has 0 aliphatic heterocycles. The van der Waals surface area contributed by atoms with Crippen LogP contribution in [0.4, 0.5) is 11.4 Å². The van der Waals surface area contributed by atoms with E-state index in [1.807, 2.05) is 24.3 Å². The van der Waals surface area contributed by atoms with Crippen molar-refractivity contribution in [1.82, 2.24) is 0 Å². The average Bonchev–Trinajstić information content (AvgIpc) is 2.48. The van der Waals surface area contributed by atoms with Crippen molar-refractivity contribution in [3.8, 4) is 5.75 Å². The minimum absolute atomic E-state index is 0.00383. The molecular weight excluding hydrogens is 404 g/mol. The molecular formula is C14H11Br2N2O3+. The molecule has 0 radical (unpaired) electrons. The topological polar surface area (TPSA) is 61.9 Å². The van der Waals surface area contributed by atoms with Gasteiger partial charge in [0.2, 0.25) is 5.75 Å². The molecule has 0 amide bonds. The van der Waals surface area contributed by atoms with Crippen LogP contribution < -0.4 is 0 Å². The lowest BCUT2D eigenvalue weighted by molar-refractivity contribution is -0.737. The molecule has 0 aromatic heterocycles. The normalized spacial score (nSPS) is 10.8. The van der Waals surface area contributed by atoms with Crippen LogP contribution in [-0.2, 0) is 4.84 Å². The van der Waals surface area contributed by atoms with Gasteiger partial charge in [0.1, 0.15) is 0 Å². The number of phenolic OH excluding ortho intramolecular Hbond substituents is 1. The standard InChI is InChI=1S/C14H10Br2N2O3/c1-21-18(20)13-7-11(16)6-9(14(13)19)8-17-12-4-2-10(15)3-5-12/h2-8H,1H3/p+1. The van der Waals surface area contributed by atoms with E-state index in [0.29, 0.717) is 10.0 Å². The van der Waals surface area contributed by atoms with E-state index < -0.39 is 0 Å². The number of phenols is 1. The van der Waals surface area contributed by atoms with Crippen molar-refractivity contribution < 1.29 is 14.9 Å². The van der Waals surface area contributed by atoms with Crippen molar-refractivity contribution >= 4 is 49.4 Å². The lowest BCUT2D eigenvalue weighted by atomic mass is 10.2. The zero-order chi connectivity index (χ0) is 15.4. The quantitative estimate of drug-likeness (QED) is 0.585. The fourth-order valence-corrected chi connectivity index (χ4v) is 2.34. The zero-order valence-electron chi connectivity index (χ0n) is 11.0. The van der Waals surface area contributed by atoms with E-state index in [2.05, 4.69) is 41.7 Å². The van der Waals surface area contributed by atoms with Gasteiger partial charge in [0, 0.05) is 26.8 Å². The summed E-state index contributed by atoms with van der Waals surface area (Å²) < 4.78 is 1.58. The number of benzene rings is 2. The third-order valence-corrected chi connectivity index (χ3v) is 3.61. The Kier molecular flexibility index (Phi) is 5.08. The van der Waals surface area contributed by atoms with Crippen molar-refractivity contribution in [2.24, 2.45) is 4.99 Å². The first-order chi connectivity index (χ1) is 10.0. The van der Waals surface area contributed by atoms with Crippen molar-refractivity contribution in [2.45, 2.75) is 0 Å². The first-order valence-electron chi connectivity index (χ1n) is 5.85. The Morgan fingerprint density at radius 3 is 2.48 bits per heavy atom. The number of halogens is 2. The molecule has 0 saturated heterocycles. The smallest absolute Gasteiger partial charge is 0.359 e. The summed E-state index contributed by atoms with van der Waals surface area (Å²) in [5.41, 5.74) is 1.13. The van der Waals surface area contributed by atoms with E-state index in [1.54, 1.807) is 6.07 Å². The molecule has 0 bridgehead atoms. The maximum absolute atomic E-state index is 11.5. The molecule has 0 atom stereocenters. The molecule has 2 rings (SSSR count). The summed E-state index contributed by atoms with van der Waals surface area (Å²) in [4.78, 5) is 20.6. The summed E-state index contributed by atoms with van der Waals surface area (Å²) in [6.45, 7) is 0. The van der Waals surface area contributed by atoms with Gasteiger partial charge in [0.25, 0.3) is 4.92 Å². The summed E-state index contributed by atoms with van der Waals surface area (Å²) in [6, 6.07) is 10.5. The molecule has 0 unspecified atom stereocenters. The van der Waals surface area contributed by atoms with Gasteiger partial charge < -0.3 is 5.11 Å². The van der Waals surface area contributed by atoms with E-state index in [9.17, 15) is 10.0 Å². The molecule has 0 spiro atoms. The van der Waals surface area contributed by atoms with Crippen LogP contribution in [0, 0.1) is 4.91 Å². The van der Waals surface area contributed by atoms with Crippen LogP contribution in [-0.4, -0.2) is 23.4 Å². The van der Waals surface area contributed by atoms with Crippen LogP contribution in [0.5, 0.6) is 5.75 Å². The number of aliphatic imine (C=N–C) groups is 1. The van der Waals surface area contributed by atoms with Gasteiger partial charge in [0.05, 0.1) is 10.6 Å². The first kappa shape index (κ1) is 15.7. The van der Waals surface area contributed by atoms with Crippen molar-refractivity contribution in [1.29, 1.82) is 0 Å². The second kappa shape index (κ2) is 6.82. The van der Waals surface area contributed by atoms with Crippen LogP contribution in [0.25, 0.3) is 0 Å². The molecule has 0 aliphatic rings. The fraction of sp³-hybridized carbons (Fsp3) is 0.0714. The summed E-state index contributed by atoms with van der Waals surface area (Å²) >= 11 is 6.62. The molecule has 108 valence electrons. The number of rotatable bonds is 4. The van der Waals surface area contributed by atoms with Crippen LogP contribution in [0.15, 0.2) is 50.3 Å². The predicted octanol–water partition coefficient (Wildman–Crippen LogP) is 4.64. The fourth-order valence-electron chi connectivity index (χ4n) is 1.61. The molecule has 0 fully saturated rings. The highest BCUT2D eigenvalue weighted by molar-refractivity contribution is 9.10. The van der Waals surface area contributed by atoms with Gasteiger partial charge in [-0.2, -0.15) is 0 Å². The lowest BCUT2D eigenvalue weighted by Gasteiger charge is -2.00. The highest BCUT2D eigenvalue weighted by Gasteiger charge is 2.23. The number of aromatic hydroxyl groups is 1. The Balaban J connectivity index is 2.37. The number of nitrogens with zero attached hydrogens (tertiary/aromatic N) is 2. The van der Waals surface area contributed by atoms with Crippen molar-refractivity contribution in [3.63, 3.8) is 0 Å². The number of hydrogen-bond donors (Lipinski definition) is 1. The molecule has 1 N–H and O–H groups in total. The van der Waals surface area contributed by atoms with Crippen LogP contribution in [0.1, 0.15) is 5.56 Å². The van der Waals surface area contributed by atoms with Gasteiger partial charge in [-0.25, -0.2) is 4.84 Å². The average molecular weight is 415 g/mol. The van der Waals surface area contributed by atoms with Gasteiger partial charge in [-0.3, -0.25) is 4.99 Å². The van der Waals surface area contributed by atoms with E-state index >= 15 is 0 Å². The molecule has 5 nitrogen and oxygen atoms in total. The third-order valence-electron chi connectivity index (χ3n) is 2.63. The Hall–Kier alpha value is -1.73. The van der Waals surface area contributed by atoms with E-state index in [4.69, 9.17) is 0 Å². The van der Waals surface area contributed by atoms with Gasteiger partial charge in [0.15, 0.2) is 7.11 Å². The number of hydrogen-bond acceptors (Lipinski definition) is 4. The van der Waals surface area contributed by atoms with E-state index in [0.717, 1.165) is 10.2 Å². The molecule has 7 heteroatoms. The molecule has 2 aromatic rings. The van der Waals surface area contributed by atoms with Gasteiger partial charge in [-0.15, -0.1) is 0 Å². The van der Waals surface area contributed by atoms with Gasteiger partial charge in [-0.1, -0.05) is 31.9 Å². The Bertz CT molecular complexity index is 700. The monoisotopic (exact) mass is 413 g/mol. The highest BCUT2D eigenvalue weighted by Crippen LogP contribution is 2.33. The maximum atomic E-state index is 11.5. The summed E-state index contributed by atoms with van der Waals surface area (Å²) in [7, 11) is 1.23. The highest BCUT2D eigenvalue weighted by atomic mass is 79.9. The van der Waals surface area contributed by atoms with Crippen LogP contribution in [0.3, 0.4) is 0 Å². The third kappa shape index (κ3) is 3.89. The van der Waals surface area contributed by atoms with E-state index in [1.165, 1.54) is 19.4 Å². The Morgan fingerprint density at radius 1 is 1.19 bits per heavy atom. The Morgan fingerprint density at radius 2 is 1.86 bits per heavy atom. The minimum Gasteiger partial charge on any atom is -0.502 e. The molecule has 0 aliphatic carbocycles. The lowest BCUT2D eigenvalue weighted by Crippen LogP contribution is -1.99. The summed E-state index contributed by atoms with van der Waals surface area (Å²) in [6.07, 6.45) is 1.48. The second-order valence-corrected chi connectivity index (χ2v) is 5.87. The maximum Gasteiger partial charge on any atom is 0.359 e. The van der Waals surface area contributed by atoms with Crippen LogP contribution in [0.2, 0.25) is 0 Å². The molecule has 0 heterocycles. The second-order valence-electron chi connectivity index (χ2n) is 4.04. The molecule has 21 heavy (non-hydrogen) atoms. The SMILES string of the molecule is CO[N+](=O)c1cc(Br)cc(C=Nc2ccc(Br)cc2)c1O. The largest absolute Gasteiger partial charge is 0.502 e. The Labute approximate surface area is 138 Å². The van der Waals surface area contributed by atoms with Crippen LogP contribution >= 0.6 is 31.9 Å². The van der Waals surface area contributed by atoms with Crippen molar-refractivity contribution in [2.75, 3.05) is 7.11 Å². The van der Waals surface area contributed by atoms with Gasteiger partial charge >= 0.3 is 5.69 Å². The minimum atomic E-state index is -0.198. The zero-order valence-corrected chi connectivity index (χ0v) is 14.1. The first-order valence-corrected chi connectivity index (χ1v) is 7.43.